The van der Waals surface area contributed by atoms with Gasteiger partial charge in [0.15, 0.2) is 11.6 Å². The predicted molar refractivity (Wildman–Crippen MR) is 78.2 cm³/mol. The summed E-state index contributed by atoms with van der Waals surface area (Å²) in [6.45, 7) is 5.02. The van der Waals surface area contributed by atoms with Crippen molar-refractivity contribution in [1.82, 2.24) is 30.0 Å². The third-order valence-corrected chi connectivity index (χ3v) is 3.76. The van der Waals surface area contributed by atoms with Crippen LogP contribution in [0.25, 0.3) is 0 Å². The number of aryl methyl sites for hydroxylation is 2. The molecular formula is C14H20N6O2. The smallest absolute Gasteiger partial charge is 0.287 e. The van der Waals surface area contributed by atoms with E-state index in [1.54, 1.807) is 12.4 Å². The van der Waals surface area contributed by atoms with Crippen LogP contribution in [0.4, 0.5) is 0 Å². The number of nitrogens with one attached hydrogen (secondary N) is 2. The van der Waals surface area contributed by atoms with Gasteiger partial charge in [-0.15, -0.1) is 0 Å². The topological polar surface area (TPSA) is 97.7 Å². The molecule has 0 bridgehead atoms. The van der Waals surface area contributed by atoms with E-state index in [-0.39, 0.29) is 18.1 Å². The third kappa shape index (κ3) is 3.01. The van der Waals surface area contributed by atoms with Gasteiger partial charge in [-0.25, -0.2) is 9.97 Å². The lowest BCUT2D eigenvalue weighted by molar-refractivity contribution is 0.0390. The number of carbonyl (C=O) groups is 1. The minimum Gasteiger partial charge on any atom is -0.365 e. The van der Waals surface area contributed by atoms with Crippen LogP contribution in [0.5, 0.6) is 0 Å². The second-order valence-corrected chi connectivity index (χ2v) is 5.35. The number of aromatic amines is 1. The Morgan fingerprint density at radius 3 is 3.14 bits per heavy atom. The number of hydrogen-bond donors (Lipinski definition) is 2. The largest absolute Gasteiger partial charge is 0.365 e. The van der Waals surface area contributed by atoms with Crippen molar-refractivity contribution >= 4 is 5.91 Å². The summed E-state index contributed by atoms with van der Waals surface area (Å²) >= 11 is 0. The maximum absolute atomic E-state index is 12.1. The first-order valence-electron chi connectivity index (χ1n) is 7.51. The second kappa shape index (κ2) is 6.27. The summed E-state index contributed by atoms with van der Waals surface area (Å²) in [5, 5.41) is 9.83. The van der Waals surface area contributed by atoms with Crippen molar-refractivity contribution in [3.8, 4) is 0 Å². The van der Waals surface area contributed by atoms with Crippen molar-refractivity contribution in [2.45, 2.75) is 45.4 Å². The molecule has 2 aromatic heterocycles. The molecule has 3 heterocycles. The standard InChI is InChI=1S/C14H20N6O2/c1-3-20-7-6-15-13(20)14(21)16-8-10-4-5-11(22-10)12-17-9(2)18-19-12/h6-7,10-11H,3-5,8H2,1-2H3,(H,16,21)(H,17,18,19)/t10-,11+/m1/s1. The molecule has 3 rings (SSSR count). The Balaban J connectivity index is 1.52. The van der Waals surface area contributed by atoms with E-state index in [9.17, 15) is 4.79 Å². The summed E-state index contributed by atoms with van der Waals surface area (Å²) in [6.07, 6.45) is 5.05. The maximum atomic E-state index is 12.1. The van der Waals surface area contributed by atoms with Crippen LogP contribution in [0.15, 0.2) is 12.4 Å². The van der Waals surface area contributed by atoms with Gasteiger partial charge in [-0.2, -0.15) is 5.10 Å². The molecule has 0 saturated carbocycles. The molecule has 2 aromatic rings. The molecule has 22 heavy (non-hydrogen) atoms. The average molecular weight is 304 g/mol. The van der Waals surface area contributed by atoms with Crippen LogP contribution in [0.2, 0.25) is 0 Å². The molecule has 0 spiro atoms. The van der Waals surface area contributed by atoms with E-state index in [4.69, 9.17) is 4.74 Å². The lowest BCUT2D eigenvalue weighted by atomic mass is 10.2. The number of hydrogen-bond acceptors (Lipinski definition) is 5. The number of nitrogens with zero attached hydrogens (tertiary/aromatic N) is 4. The van der Waals surface area contributed by atoms with Gasteiger partial charge in [0.05, 0.1) is 6.10 Å². The minimum atomic E-state index is -0.173. The van der Waals surface area contributed by atoms with Gasteiger partial charge >= 0.3 is 0 Å². The fourth-order valence-electron chi connectivity index (χ4n) is 2.61. The van der Waals surface area contributed by atoms with Crippen LogP contribution < -0.4 is 5.32 Å². The molecular weight excluding hydrogens is 284 g/mol. The number of ether oxygens (including phenoxy) is 1. The summed E-state index contributed by atoms with van der Waals surface area (Å²) in [5.41, 5.74) is 0. The first-order chi connectivity index (χ1) is 10.7. The van der Waals surface area contributed by atoms with Gasteiger partial charge in [0, 0.05) is 25.5 Å². The van der Waals surface area contributed by atoms with E-state index >= 15 is 0 Å². The quantitative estimate of drug-likeness (QED) is 0.858. The van der Waals surface area contributed by atoms with E-state index in [1.165, 1.54) is 0 Å². The van der Waals surface area contributed by atoms with Crippen LogP contribution in [-0.2, 0) is 11.3 Å². The molecule has 1 fully saturated rings. The van der Waals surface area contributed by atoms with Crippen LogP contribution in [0, 0.1) is 6.92 Å². The number of imidazole rings is 1. The Kier molecular flexibility index (Phi) is 4.19. The minimum absolute atomic E-state index is 0.0159. The first kappa shape index (κ1) is 14.7. The van der Waals surface area contributed by atoms with Crippen LogP contribution in [0.3, 0.4) is 0 Å². The highest BCUT2D eigenvalue weighted by Gasteiger charge is 2.29. The number of aromatic nitrogens is 5. The summed E-state index contributed by atoms with van der Waals surface area (Å²) in [5.74, 6) is 1.73. The number of rotatable bonds is 5. The Morgan fingerprint density at radius 1 is 1.55 bits per heavy atom. The van der Waals surface area contributed by atoms with Gasteiger partial charge in [0.1, 0.15) is 11.9 Å². The van der Waals surface area contributed by atoms with Crippen molar-refractivity contribution < 1.29 is 9.53 Å². The normalized spacial score (nSPS) is 21.2. The van der Waals surface area contributed by atoms with Crippen LogP contribution >= 0.6 is 0 Å². The molecule has 1 aliphatic heterocycles. The Hall–Kier alpha value is -2.22. The molecule has 2 atom stereocenters. The van der Waals surface area contributed by atoms with Crippen LogP contribution in [-0.4, -0.2) is 43.3 Å². The summed E-state index contributed by atoms with van der Waals surface area (Å²) < 4.78 is 7.71. The zero-order valence-electron chi connectivity index (χ0n) is 12.7. The average Bonchev–Trinajstić information content (AvgIpc) is 3.24. The second-order valence-electron chi connectivity index (χ2n) is 5.35. The Bertz CT molecular complexity index is 649. The fourth-order valence-corrected chi connectivity index (χ4v) is 2.61. The molecule has 0 radical (unpaired) electrons. The van der Waals surface area contributed by atoms with Gasteiger partial charge < -0.3 is 14.6 Å². The van der Waals surface area contributed by atoms with Crippen molar-refractivity contribution in [3.63, 3.8) is 0 Å². The molecule has 0 aliphatic carbocycles. The van der Waals surface area contributed by atoms with E-state index < -0.39 is 0 Å². The molecule has 118 valence electrons. The van der Waals surface area contributed by atoms with Gasteiger partial charge in [-0.05, 0) is 26.7 Å². The Labute approximate surface area is 128 Å². The predicted octanol–water partition coefficient (Wildman–Crippen LogP) is 0.980. The van der Waals surface area contributed by atoms with E-state index in [0.717, 1.165) is 25.2 Å². The van der Waals surface area contributed by atoms with Gasteiger partial charge in [0.25, 0.3) is 5.91 Å². The van der Waals surface area contributed by atoms with Crippen LogP contribution in [0.1, 0.15) is 48.1 Å². The summed E-state index contributed by atoms with van der Waals surface area (Å²) in [4.78, 5) is 20.5. The summed E-state index contributed by atoms with van der Waals surface area (Å²) in [6, 6.07) is 0. The highest BCUT2D eigenvalue weighted by molar-refractivity contribution is 5.90. The molecule has 8 heteroatoms. The van der Waals surface area contributed by atoms with Crippen molar-refractivity contribution in [1.29, 1.82) is 0 Å². The SMILES string of the molecule is CCn1ccnc1C(=O)NC[C@H]1CC[C@@H](c2n[nH]c(C)n2)O1. The molecule has 1 aliphatic rings. The van der Waals surface area contributed by atoms with E-state index in [0.29, 0.717) is 18.2 Å². The highest BCUT2D eigenvalue weighted by atomic mass is 16.5. The number of H-pyrrole nitrogens is 1. The monoisotopic (exact) mass is 304 g/mol. The Morgan fingerprint density at radius 2 is 2.41 bits per heavy atom. The van der Waals surface area contributed by atoms with Crippen molar-refractivity contribution in [3.05, 3.63) is 29.9 Å². The zero-order chi connectivity index (χ0) is 15.5. The van der Waals surface area contributed by atoms with Gasteiger partial charge in [0.2, 0.25) is 0 Å². The molecule has 2 N–H and O–H groups in total. The first-order valence-corrected chi connectivity index (χ1v) is 7.51. The fraction of sp³-hybridized carbons (Fsp3) is 0.571. The lowest BCUT2D eigenvalue weighted by Crippen LogP contribution is -2.33. The maximum Gasteiger partial charge on any atom is 0.287 e. The number of amides is 1. The molecule has 8 nitrogen and oxygen atoms in total. The van der Waals surface area contributed by atoms with Gasteiger partial charge in [-0.3, -0.25) is 9.89 Å². The third-order valence-electron chi connectivity index (χ3n) is 3.76. The molecule has 0 aromatic carbocycles. The summed E-state index contributed by atoms with van der Waals surface area (Å²) in [7, 11) is 0. The lowest BCUT2D eigenvalue weighted by Gasteiger charge is -2.13. The van der Waals surface area contributed by atoms with Crippen molar-refractivity contribution in [2.75, 3.05) is 6.54 Å². The number of carbonyl (C=O) groups excluding carboxylic acids is 1. The molecule has 0 unspecified atom stereocenters. The van der Waals surface area contributed by atoms with Crippen molar-refractivity contribution in [2.24, 2.45) is 0 Å². The van der Waals surface area contributed by atoms with Gasteiger partial charge in [-0.1, -0.05) is 0 Å². The highest BCUT2D eigenvalue weighted by Crippen LogP contribution is 2.30. The molecule has 1 saturated heterocycles. The zero-order valence-corrected chi connectivity index (χ0v) is 12.7. The van der Waals surface area contributed by atoms with E-state index in [2.05, 4.69) is 25.5 Å². The van der Waals surface area contributed by atoms with E-state index in [1.807, 2.05) is 18.4 Å². The molecule has 1 amide bonds.